The Morgan fingerprint density at radius 2 is 1.87 bits per heavy atom. The Balaban J connectivity index is 1.80. The van der Waals surface area contributed by atoms with Gasteiger partial charge in [0.05, 0.1) is 24.3 Å². The molecule has 8 heteroatoms. The summed E-state index contributed by atoms with van der Waals surface area (Å²) in [4.78, 5) is 20.4. The molecule has 1 heterocycles. The van der Waals surface area contributed by atoms with E-state index in [2.05, 4.69) is 25.9 Å². The van der Waals surface area contributed by atoms with Crippen LogP contribution in [0.5, 0.6) is 5.75 Å². The number of carbonyl (C=O) groups excluding carboxylic acids is 1. The number of aliphatic hydroxyl groups excluding tert-OH is 1. The van der Waals surface area contributed by atoms with Crippen LogP contribution in [-0.2, 0) is 0 Å². The molecule has 0 saturated carbocycles. The molecule has 1 amide bonds. The zero-order valence-electron chi connectivity index (χ0n) is 17.8. The topological polar surface area (TPSA) is 108 Å². The van der Waals surface area contributed by atoms with Crippen molar-refractivity contribution in [1.82, 2.24) is 20.9 Å². The molecule has 1 atom stereocenters. The molecule has 1 unspecified atom stereocenters. The summed E-state index contributed by atoms with van der Waals surface area (Å²) in [5.74, 6) is 1.17. The number of hydrogen-bond donors (Lipinski definition) is 4. The fraction of sp³-hybridized carbons (Fsp3) is 0.409. The third kappa shape index (κ3) is 8.08. The number of pyridine rings is 1. The summed E-state index contributed by atoms with van der Waals surface area (Å²) in [6.45, 7) is 7.72. The number of nitrogens with zero attached hydrogens (tertiary/aromatic N) is 2. The van der Waals surface area contributed by atoms with Gasteiger partial charge in [-0.25, -0.2) is 0 Å². The zero-order valence-corrected chi connectivity index (χ0v) is 17.8. The number of aliphatic imine (C=N–C) groups is 1. The van der Waals surface area contributed by atoms with E-state index >= 15 is 0 Å². The molecule has 0 bridgehead atoms. The van der Waals surface area contributed by atoms with E-state index < -0.39 is 6.10 Å². The normalized spacial score (nSPS) is 12.4. The largest absolute Gasteiger partial charge is 0.491 e. The molecule has 0 saturated heterocycles. The van der Waals surface area contributed by atoms with E-state index in [-0.39, 0.29) is 18.6 Å². The number of hydrogen-bond acceptors (Lipinski definition) is 5. The quantitative estimate of drug-likeness (QED) is 0.269. The SMILES string of the molecule is CCNC(=NCC(O)c1ccc(OC(C)C)cc1)NCCNC(=O)c1cccnc1. The molecule has 30 heavy (non-hydrogen) atoms. The minimum atomic E-state index is -0.723. The number of aliphatic hydroxyl groups is 1. The number of benzene rings is 1. The lowest BCUT2D eigenvalue weighted by Gasteiger charge is -2.14. The molecule has 0 fully saturated rings. The van der Waals surface area contributed by atoms with Crippen LogP contribution in [0.1, 0.15) is 42.8 Å². The van der Waals surface area contributed by atoms with Crippen molar-refractivity contribution in [3.05, 3.63) is 59.9 Å². The second-order valence-electron chi connectivity index (χ2n) is 6.90. The number of aromatic nitrogens is 1. The van der Waals surface area contributed by atoms with Gasteiger partial charge >= 0.3 is 0 Å². The second kappa shape index (κ2) is 12.4. The molecule has 4 N–H and O–H groups in total. The Morgan fingerprint density at radius 1 is 1.13 bits per heavy atom. The van der Waals surface area contributed by atoms with Crippen molar-refractivity contribution in [2.45, 2.75) is 33.0 Å². The first-order chi connectivity index (χ1) is 14.5. The van der Waals surface area contributed by atoms with Gasteiger partial charge in [-0.2, -0.15) is 0 Å². The van der Waals surface area contributed by atoms with Crippen LogP contribution in [0.15, 0.2) is 53.8 Å². The highest BCUT2D eigenvalue weighted by molar-refractivity contribution is 5.93. The van der Waals surface area contributed by atoms with Crippen LogP contribution >= 0.6 is 0 Å². The van der Waals surface area contributed by atoms with Crippen LogP contribution < -0.4 is 20.7 Å². The average molecular weight is 414 g/mol. The molecule has 1 aromatic carbocycles. The first-order valence-corrected chi connectivity index (χ1v) is 10.1. The predicted octanol–water partition coefficient (Wildman–Crippen LogP) is 1.89. The number of amides is 1. The second-order valence-corrected chi connectivity index (χ2v) is 6.90. The maximum Gasteiger partial charge on any atom is 0.252 e. The Bertz CT molecular complexity index is 794. The molecule has 0 aliphatic carbocycles. The molecule has 2 aromatic rings. The van der Waals surface area contributed by atoms with Gasteiger partial charge in [0.2, 0.25) is 0 Å². The number of carbonyl (C=O) groups is 1. The lowest BCUT2D eigenvalue weighted by molar-refractivity contribution is 0.0954. The molecule has 1 aromatic heterocycles. The maximum atomic E-state index is 12.0. The van der Waals surface area contributed by atoms with E-state index in [1.165, 1.54) is 6.20 Å². The highest BCUT2D eigenvalue weighted by Crippen LogP contribution is 2.19. The Labute approximate surface area is 177 Å². The molecule has 0 radical (unpaired) electrons. The summed E-state index contributed by atoms with van der Waals surface area (Å²) in [6, 6.07) is 10.8. The smallest absolute Gasteiger partial charge is 0.252 e. The Kier molecular flexibility index (Phi) is 9.60. The van der Waals surface area contributed by atoms with E-state index in [9.17, 15) is 9.90 Å². The van der Waals surface area contributed by atoms with E-state index in [1.54, 1.807) is 18.3 Å². The molecule has 0 aliphatic heterocycles. The molecule has 2 rings (SSSR count). The van der Waals surface area contributed by atoms with Crippen LogP contribution in [0.2, 0.25) is 0 Å². The zero-order chi connectivity index (χ0) is 21.8. The summed E-state index contributed by atoms with van der Waals surface area (Å²) < 4.78 is 5.62. The van der Waals surface area contributed by atoms with Crippen molar-refractivity contribution in [1.29, 1.82) is 0 Å². The van der Waals surface area contributed by atoms with Crippen molar-refractivity contribution >= 4 is 11.9 Å². The molecular weight excluding hydrogens is 382 g/mol. The molecule has 0 aliphatic rings. The van der Waals surface area contributed by atoms with Gasteiger partial charge in [0.15, 0.2) is 5.96 Å². The van der Waals surface area contributed by atoms with E-state index in [0.717, 1.165) is 11.3 Å². The number of guanidine groups is 1. The Morgan fingerprint density at radius 3 is 2.50 bits per heavy atom. The van der Waals surface area contributed by atoms with E-state index in [0.29, 0.717) is 31.2 Å². The molecule has 162 valence electrons. The van der Waals surface area contributed by atoms with Gasteiger partial charge in [-0.15, -0.1) is 0 Å². The van der Waals surface area contributed by atoms with Crippen molar-refractivity contribution in [3.8, 4) is 5.75 Å². The van der Waals surface area contributed by atoms with Crippen LogP contribution in [0.4, 0.5) is 0 Å². The fourth-order valence-electron chi connectivity index (χ4n) is 2.62. The van der Waals surface area contributed by atoms with Crippen LogP contribution in [0.3, 0.4) is 0 Å². The average Bonchev–Trinajstić information content (AvgIpc) is 2.75. The maximum absolute atomic E-state index is 12.0. The van der Waals surface area contributed by atoms with Gasteiger partial charge in [0.1, 0.15) is 5.75 Å². The molecule has 0 spiro atoms. The van der Waals surface area contributed by atoms with Gasteiger partial charge in [0.25, 0.3) is 5.91 Å². The lowest BCUT2D eigenvalue weighted by atomic mass is 10.1. The van der Waals surface area contributed by atoms with E-state index in [1.807, 2.05) is 45.0 Å². The third-order valence-electron chi connectivity index (χ3n) is 4.03. The standard InChI is InChI=1S/C22H31N5O3/c1-4-24-22(26-13-12-25-21(29)18-6-5-11-23-14-18)27-15-20(28)17-7-9-19(10-8-17)30-16(2)3/h5-11,14,16,20,28H,4,12-13,15H2,1-3H3,(H,25,29)(H2,24,26,27). The highest BCUT2D eigenvalue weighted by Gasteiger charge is 2.09. The number of ether oxygens (including phenoxy) is 1. The summed E-state index contributed by atoms with van der Waals surface area (Å²) in [5.41, 5.74) is 1.29. The van der Waals surface area contributed by atoms with Crippen LogP contribution in [0.25, 0.3) is 0 Å². The summed E-state index contributed by atoms with van der Waals surface area (Å²) in [5, 5.41) is 19.5. The Hall–Kier alpha value is -3.13. The summed E-state index contributed by atoms with van der Waals surface area (Å²) in [7, 11) is 0. The van der Waals surface area contributed by atoms with Crippen molar-refractivity contribution in [2.24, 2.45) is 4.99 Å². The van der Waals surface area contributed by atoms with Gasteiger partial charge in [0, 0.05) is 32.0 Å². The van der Waals surface area contributed by atoms with Crippen molar-refractivity contribution in [3.63, 3.8) is 0 Å². The van der Waals surface area contributed by atoms with Gasteiger partial charge in [-0.3, -0.25) is 14.8 Å². The minimum Gasteiger partial charge on any atom is -0.491 e. The van der Waals surface area contributed by atoms with Gasteiger partial charge in [-0.05, 0) is 50.6 Å². The first-order valence-electron chi connectivity index (χ1n) is 10.1. The molecular formula is C22H31N5O3. The molecule has 8 nitrogen and oxygen atoms in total. The monoisotopic (exact) mass is 413 g/mol. The number of nitrogens with one attached hydrogen (secondary N) is 3. The lowest BCUT2D eigenvalue weighted by Crippen LogP contribution is -2.41. The highest BCUT2D eigenvalue weighted by atomic mass is 16.5. The van der Waals surface area contributed by atoms with Crippen LogP contribution in [0, 0.1) is 0 Å². The first kappa shape index (κ1) is 23.2. The summed E-state index contributed by atoms with van der Waals surface area (Å²) >= 11 is 0. The minimum absolute atomic E-state index is 0.105. The van der Waals surface area contributed by atoms with Crippen LogP contribution in [-0.4, -0.2) is 54.2 Å². The van der Waals surface area contributed by atoms with Gasteiger partial charge in [-0.1, -0.05) is 12.1 Å². The van der Waals surface area contributed by atoms with Gasteiger partial charge < -0.3 is 25.8 Å². The third-order valence-corrected chi connectivity index (χ3v) is 4.03. The summed E-state index contributed by atoms with van der Waals surface area (Å²) in [6.07, 6.45) is 2.53. The van der Waals surface area contributed by atoms with Crippen molar-refractivity contribution in [2.75, 3.05) is 26.2 Å². The number of rotatable bonds is 10. The van der Waals surface area contributed by atoms with Crippen molar-refractivity contribution < 1.29 is 14.6 Å². The van der Waals surface area contributed by atoms with E-state index in [4.69, 9.17) is 4.74 Å². The fourth-order valence-corrected chi connectivity index (χ4v) is 2.62. The predicted molar refractivity (Wildman–Crippen MR) is 118 cm³/mol.